The van der Waals surface area contributed by atoms with E-state index in [1.54, 1.807) is 0 Å². The molecule has 0 radical (unpaired) electrons. The quantitative estimate of drug-likeness (QED) is 0.713. The van der Waals surface area contributed by atoms with Crippen molar-refractivity contribution in [3.05, 3.63) is 0 Å². The van der Waals surface area contributed by atoms with Gasteiger partial charge in [-0.2, -0.15) is 0 Å². The third-order valence-electron chi connectivity index (χ3n) is 2.29. The highest BCUT2D eigenvalue weighted by Crippen LogP contribution is 2.16. The lowest BCUT2D eigenvalue weighted by atomic mass is 9.97. The third-order valence-corrected chi connectivity index (χ3v) is 2.29. The van der Waals surface area contributed by atoms with Crippen LogP contribution in [-0.4, -0.2) is 41.6 Å². The van der Waals surface area contributed by atoms with Gasteiger partial charge in [-0.3, -0.25) is 4.79 Å². The molecule has 1 heterocycles. The topological polar surface area (TPSA) is 69.6 Å². The normalized spacial score (nSPS) is 17.1. The van der Waals surface area contributed by atoms with Gasteiger partial charge in [0.05, 0.1) is 5.92 Å². The zero-order valence-electron chi connectivity index (χ0n) is 9.41. The summed E-state index contributed by atoms with van der Waals surface area (Å²) in [6.07, 6.45) is 0. The molecule has 2 amide bonds. The molecule has 1 rings (SSSR count). The molecule has 0 spiro atoms. The number of carbonyl (C=O) groups excluding carboxylic acids is 1. The van der Waals surface area contributed by atoms with Crippen LogP contribution < -0.4 is 5.32 Å². The summed E-state index contributed by atoms with van der Waals surface area (Å²) in [5.74, 6) is -1.21. The lowest BCUT2D eigenvalue weighted by Crippen LogP contribution is -2.56. The van der Waals surface area contributed by atoms with Gasteiger partial charge in [0.15, 0.2) is 0 Å². The summed E-state index contributed by atoms with van der Waals surface area (Å²) < 4.78 is 0. The van der Waals surface area contributed by atoms with E-state index in [4.69, 9.17) is 5.11 Å². The van der Waals surface area contributed by atoms with E-state index in [1.165, 1.54) is 4.90 Å². The smallest absolute Gasteiger partial charge is 0.317 e. The van der Waals surface area contributed by atoms with E-state index in [1.807, 2.05) is 20.8 Å². The summed E-state index contributed by atoms with van der Waals surface area (Å²) in [6, 6.07) is -0.164. The standard InChI is InChI=1S/C10H18N2O3/c1-10(2,3)6-11-9(15)12-4-7(5-12)8(13)14/h7H,4-6H2,1-3H3,(H,11,15)(H,13,14). The van der Waals surface area contributed by atoms with Crippen molar-refractivity contribution >= 4 is 12.0 Å². The van der Waals surface area contributed by atoms with Gasteiger partial charge >= 0.3 is 12.0 Å². The van der Waals surface area contributed by atoms with E-state index in [0.29, 0.717) is 19.6 Å². The maximum absolute atomic E-state index is 11.5. The van der Waals surface area contributed by atoms with Crippen molar-refractivity contribution in [2.24, 2.45) is 11.3 Å². The van der Waals surface area contributed by atoms with Crippen LogP contribution in [0.15, 0.2) is 0 Å². The monoisotopic (exact) mass is 214 g/mol. The van der Waals surface area contributed by atoms with Crippen molar-refractivity contribution in [2.75, 3.05) is 19.6 Å². The Labute approximate surface area is 89.4 Å². The summed E-state index contributed by atoms with van der Waals surface area (Å²) in [5.41, 5.74) is 0.0483. The molecule has 5 nitrogen and oxygen atoms in total. The lowest BCUT2D eigenvalue weighted by Gasteiger charge is -2.37. The molecule has 0 aromatic rings. The number of urea groups is 1. The van der Waals surface area contributed by atoms with Gasteiger partial charge in [0, 0.05) is 19.6 Å². The van der Waals surface area contributed by atoms with E-state index in [2.05, 4.69) is 5.32 Å². The molecule has 1 saturated heterocycles. The van der Waals surface area contributed by atoms with Gasteiger partial charge in [0.25, 0.3) is 0 Å². The van der Waals surface area contributed by atoms with Gasteiger partial charge < -0.3 is 15.3 Å². The number of nitrogens with one attached hydrogen (secondary N) is 1. The Morgan fingerprint density at radius 2 is 1.93 bits per heavy atom. The van der Waals surface area contributed by atoms with Gasteiger partial charge in [-0.1, -0.05) is 20.8 Å². The number of hydrogen-bond donors (Lipinski definition) is 2. The minimum atomic E-state index is -0.824. The largest absolute Gasteiger partial charge is 0.481 e. The van der Waals surface area contributed by atoms with Gasteiger partial charge in [-0.15, -0.1) is 0 Å². The second-order valence-corrected chi connectivity index (χ2v) is 5.16. The summed E-state index contributed by atoms with van der Waals surface area (Å²) in [4.78, 5) is 23.5. The van der Waals surface area contributed by atoms with Crippen LogP contribution >= 0.6 is 0 Å². The van der Waals surface area contributed by atoms with Crippen molar-refractivity contribution in [3.8, 4) is 0 Å². The predicted molar refractivity (Wildman–Crippen MR) is 55.6 cm³/mol. The highest BCUT2D eigenvalue weighted by atomic mass is 16.4. The van der Waals surface area contributed by atoms with Crippen molar-refractivity contribution in [2.45, 2.75) is 20.8 Å². The Hall–Kier alpha value is -1.26. The average molecular weight is 214 g/mol. The molecule has 0 atom stereocenters. The number of aliphatic carboxylic acids is 1. The predicted octanol–water partition coefficient (Wildman–Crippen LogP) is 0.758. The molecule has 1 fully saturated rings. The fraction of sp³-hybridized carbons (Fsp3) is 0.800. The van der Waals surface area contributed by atoms with Crippen LogP contribution in [0.4, 0.5) is 4.79 Å². The van der Waals surface area contributed by atoms with E-state index in [0.717, 1.165) is 0 Å². The Kier molecular flexibility index (Phi) is 3.21. The van der Waals surface area contributed by atoms with Crippen molar-refractivity contribution < 1.29 is 14.7 Å². The van der Waals surface area contributed by atoms with E-state index < -0.39 is 5.97 Å². The number of nitrogens with zero attached hydrogens (tertiary/aromatic N) is 1. The van der Waals surface area contributed by atoms with Crippen LogP contribution in [0, 0.1) is 11.3 Å². The maximum atomic E-state index is 11.5. The Balaban J connectivity index is 2.24. The molecular weight excluding hydrogens is 196 g/mol. The third kappa shape index (κ3) is 3.42. The average Bonchev–Trinajstić information content (AvgIpc) is 1.95. The van der Waals surface area contributed by atoms with Crippen molar-refractivity contribution in [3.63, 3.8) is 0 Å². The molecule has 5 heteroatoms. The first-order chi connectivity index (χ1) is 6.79. The Morgan fingerprint density at radius 3 is 2.33 bits per heavy atom. The summed E-state index contributed by atoms with van der Waals surface area (Å²) in [5, 5.41) is 11.4. The number of carboxylic acid groups (broad SMARTS) is 1. The molecule has 86 valence electrons. The first-order valence-corrected chi connectivity index (χ1v) is 5.05. The van der Waals surface area contributed by atoms with Crippen LogP contribution in [0.2, 0.25) is 0 Å². The second kappa shape index (κ2) is 4.08. The van der Waals surface area contributed by atoms with Crippen molar-refractivity contribution in [1.82, 2.24) is 10.2 Å². The lowest BCUT2D eigenvalue weighted by molar-refractivity contribution is -0.146. The minimum absolute atomic E-state index is 0.0483. The number of hydrogen-bond acceptors (Lipinski definition) is 2. The highest BCUT2D eigenvalue weighted by Gasteiger charge is 2.35. The molecule has 0 aliphatic carbocycles. The first-order valence-electron chi connectivity index (χ1n) is 5.05. The second-order valence-electron chi connectivity index (χ2n) is 5.16. The van der Waals surface area contributed by atoms with Crippen LogP contribution in [0.5, 0.6) is 0 Å². The van der Waals surface area contributed by atoms with Crippen LogP contribution in [-0.2, 0) is 4.79 Å². The number of rotatable bonds is 2. The van der Waals surface area contributed by atoms with Gasteiger partial charge in [0.1, 0.15) is 0 Å². The van der Waals surface area contributed by atoms with E-state index >= 15 is 0 Å². The van der Waals surface area contributed by atoms with Crippen LogP contribution in [0.1, 0.15) is 20.8 Å². The Morgan fingerprint density at radius 1 is 1.40 bits per heavy atom. The Bertz CT molecular complexity index is 264. The number of carboxylic acids is 1. The fourth-order valence-electron chi connectivity index (χ4n) is 1.25. The fourth-order valence-corrected chi connectivity index (χ4v) is 1.25. The number of carbonyl (C=O) groups is 2. The molecule has 0 saturated carbocycles. The van der Waals surface area contributed by atoms with Gasteiger partial charge in [-0.25, -0.2) is 4.79 Å². The molecule has 1 aliphatic rings. The first kappa shape index (κ1) is 11.8. The molecule has 15 heavy (non-hydrogen) atoms. The molecule has 0 aromatic heterocycles. The van der Waals surface area contributed by atoms with E-state index in [-0.39, 0.29) is 17.4 Å². The molecule has 2 N–H and O–H groups in total. The summed E-state index contributed by atoms with van der Waals surface area (Å²) in [7, 11) is 0. The van der Waals surface area contributed by atoms with Crippen molar-refractivity contribution in [1.29, 1.82) is 0 Å². The minimum Gasteiger partial charge on any atom is -0.481 e. The van der Waals surface area contributed by atoms with Crippen LogP contribution in [0.25, 0.3) is 0 Å². The maximum Gasteiger partial charge on any atom is 0.317 e. The van der Waals surface area contributed by atoms with E-state index in [9.17, 15) is 9.59 Å². The molecule has 0 bridgehead atoms. The summed E-state index contributed by atoms with van der Waals surface area (Å²) in [6.45, 7) is 7.34. The molecular formula is C10H18N2O3. The van der Waals surface area contributed by atoms with Gasteiger partial charge in [-0.05, 0) is 5.41 Å². The number of amides is 2. The molecule has 1 aliphatic heterocycles. The summed E-state index contributed by atoms with van der Waals surface area (Å²) >= 11 is 0. The number of likely N-dealkylation sites (tertiary alicyclic amines) is 1. The van der Waals surface area contributed by atoms with Crippen LogP contribution in [0.3, 0.4) is 0 Å². The molecule has 0 unspecified atom stereocenters. The molecule has 0 aromatic carbocycles. The SMILES string of the molecule is CC(C)(C)CNC(=O)N1CC(C(=O)O)C1. The zero-order valence-corrected chi connectivity index (χ0v) is 9.41. The zero-order chi connectivity index (χ0) is 11.6. The highest BCUT2D eigenvalue weighted by molar-refractivity contribution is 5.79. The van der Waals surface area contributed by atoms with Gasteiger partial charge in [0.2, 0.25) is 0 Å².